The number of hydrogen-bond acceptors (Lipinski definition) is 2. The summed E-state index contributed by atoms with van der Waals surface area (Å²) >= 11 is 0. The van der Waals surface area contributed by atoms with Crippen molar-refractivity contribution in [2.45, 2.75) is 19.9 Å². The fourth-order valence-electron chi connectivity index (χ4n) is 1.54. The molecule has 0 bridgehead atoms. The van der Waals surface area contributed by atoms with Crippen LogP contribution >= 0.6 is 0 Å². The number of anilines is 1. The minimum absolute atomic E-state index is 0.0980. The first kappa shape index (κ1) is 10.7. The second-order valence-corrected chi connectivity index (χ2v) is 3.89. The van der Waals surface area contributed by atoms with Crippen LogP contribution in [0.4, 0.5) is 10.1 Å². The smallest absolute Gasteiger partial charge is 0.128 e. The summed E-state index contributed by atoms with van der Waals surface area (Å²) < 4.78 is 18.3. The Balaban J connectivity index is 2.12. The largest absolute Gasteiger partial charge is 0.472 e. The van der Waals surface area contributed by atoms with E-state index in [1.165, 1.54) is 6.07 Å². The zero-order valence-electron chi connectivity index (χ0n) is 9.33. The molecule has 0 fully saturated rings. The summed E-state index contributed by atoms with van der Waals surface area (Å²) in [5, 5.41) is 3.21. The monoisotopic (exact) mass is 219 g/mol. The first-order valence-electron chi connectivity index (χ1n) is 5.21. The van der Waals surface area contributed by atoms with Crippen molar-refractivity contribution in [2.75, 3.05) is 5.32 Å². The van der Waals surface area contributed by atoms with Crippen LogP contribution in [0.1, 0.15) is 24.1 Å². The average molecular weight is 219 g/mol. The van der Waals surface area contributed by atoms with E-state index in [1.54, 1.807) is 25.5 Å². The summed E-state index contributed by atoms with van der Waals surface area (Å²) in [5.41, 5.74) is 2.47. The van der Waals surface area contributed by atoms with E-state index in [1.807, 2.05) is 19.1 Å². The Morgan fingerprint density at radius 2 is 2.12 bits per heavy atom. The summed E-state index contributed by atoms with van der Waals surface area (Å²) in [6, 6.07) is 7.13. The van der Waals surface area contributed by atoms with Crippen LogP contribution in [0.15, 0.2) is 41.2 Å². The zero-order valence-corrected chi connectivity index (χ0v) is 9.33. The quantitative estimate of drug-likeness (QED) is 0.846. The molecule has 0 radical (unpaired) electrons. The van der Waals surface area contributed by atoms with E-state index in [4.69, 9.17) is 4.42 Å². The maximum Gasteiger partial charge on any atom is 0.128 e. The van der Waals surface area contributed by atoms with E-state index in [9.17, 15) is 4.39 Å². The third-order valence-corrected chi connectivity index (χ3v) is 2.60. The third-order valence-electron chi connectivity index (χ3n) is 2.60. The number of furan rings is 1. The molecular formula is C13H14FNO. The second kappa shape index (κ2) is 4.39. The van der Waals surface area contributed by atoms with Gasteiger partial charge in [0.05, 0.1) is 18.6 Å². The van der Waals surface area contributed by atoms with Crippen LogP contribution in [0.2, 0.25) is 0 Å². The molecular weight excluding hydrogens is 205 g/mol. The average Bonchev–Trinajstić information content (AvgIpc) is 2.77. The second-order valence-electron chi connectivity index (χ2n) is 3.89. The van der Waals surface area contributed by atoms with Crippen molar-refractivity contribution >= 4 is 5.69 Å². The lowest BCUT2D eigenvalue weighted by Crippen LogP contribution is -2.05. The number of aryl methyl sites for hydroxylation is 1. The van der Waals surface area contributed by atoms with E-state index in [0.29, 0.717) is 5.56 Å². The van der Waals surface area contributed by atoms with E-state index >= 15 is 0 Å². The van der Waals surface area contributed by atoms with E-state index in [2.05, 4.69) is 5.32 Å². The van der Waals surface area contributed by atoms with Crippen molar-refractivity contribution in [3.63, 3.8) is 0 Å². The summed E-state index contributed by atoms with van der Waals surface area (Å²) in [6.45, 7) is 3.75. The van der Waals surface area contributed by atoms with Gasteiger partial charge in [-0.3, -0.25) is 0 Å². The molecule has 3 heteroatoms. The fourth-order valence-corrected chi connectivity index (χ4v) is 1.54. The number of nitrogens with one attached hydrogen (secondary N) is 1. The summed E-state index contributed by atoms with van der Waals surface area (Å²) in [4.78, 5) is 0. The molecule has 0 saturated carbocycles. The normalized spacial score (nSPS) is 12.4. The van der Waals surface area contributed by atoms with Crippen molar-refractivity contribution in [3.05, 3.63) is 53.7 Å². The van der Waals surface area contributed by atoms with E-state index < -0.39 is 0 Å². The SMILES string of the molecule is Cc1ccc(NC(C)c2ccoc2)cc1F. The van der Waals surface area contributed by atoms with Crippen LogP contribution in [-0.4, -0.2) is 0 Å². The lowest BCUT2D eigenvalue weighted by Gasteiger charge is -2.13. The van der Waals surface area contributed by atoms with Gasteiger partial charge in [-0.15, -0.1) is 0 Å². The number of hydrogen-bond donors (Lipinski definition) is 1. The maximum atomic E-state index is 13.3. The first-order chi connectivity index (χ1) is 7.66. The highest BCUT2D eigenvalue weighted by atomic mass is 19.1. The fraction of sp³-hybridized carbons (Fsp3) is 0.231. The lowest BCUT2D eigenvalue weighted by atomic mass is 10.1. The summed E-state index contributed by atoms with van der Waals surface area (Å²) in [5.74, 6) is -0.190. The molecule has 2 aromatic rings. The van der Waals surface area contributed by atoms with Gasteiger partial charge in [0.2, 0.25) is 0 Å². The van der Waals surface area contributed by atoms with Crippen LogP contribution in [0.5, 0.6) is 0 Å². The van der Waals surface area contributed by atoms with E-state index in [-0.39, 0.29) is 11.9 Å². The topological polar surface area (TPSA) is 25.2 Å². The van der Waals surface area contributed by atoms with Crippen molar-refractivity contribution in [2.24, 2.45) is 0 Å². The first-order valence-corrected chi connectivity index (χ1v) is 5.21. The van der Waals surface area contributed by atoms with Crippen LogP contribution in [0.3, 0.4) is 0 Å². The van der Waals surface area contributed by atoms with Gasteiger partial charge in [-0.25, -0.2) is 4.39 Å². The minimum Gasteiger partial charge on any atom is -0.472 e. The molecule has 2 nitrogen and oxygen atoms in total. The number of benzene rings is 1. The molecule has 16 heavy (non-hydrogen) atoms. The highest BCUT2D eigenvalue weighted by Crippen LogP contribution is 2.21. The van der Waals surface area contributed by atoms with Crippen LogP contribution in [0, 0.1) is 12.7 Å². The van der Waals surface area contributed by atoms with Gasteiger partial charge in [-0.05, 0) is 37.6 Å². The molecule has 1 atom stereocenters. The summed E-state index contributed by atoms with van der Waals surface area (Å²) in [7, 11) is 0. The molecule has 1 unspecified atom stereocenters. The Hall–Kier alpha value is -1.77. The number of rotatable bonds is 3. The standard InChI is InChI=1S/C13H14FNO/c1-9-3-4-12(7-13(9)14)15-10(2)11-5-6-16-8-11/h3-8,10,15H,1-2H3. The van der Waals surface area contributed by atoms with Gasteiger partial charge >= 0.3 is 0 Å². The lowest BCUT2D eigenvalue weighted by molar-refractivity contribution is 0.562. The van der Waals surface area contributed by atoms with Gasteiger partial charge in [0, 0.05) is 11.3 Å². The van der Waals surface area contributed by atoms with Gasteiger partial charge in [0.1, 0.15) is 5.82 Å². The zero-order chi connectivity index (χ0) is 11.5. The van der Waals surface area contributed by atoms with E-state index in [0.717, 1.165) is 11.3 Å². The Labute approximate surface area is 94.1 Å². The van der Waals surface area contributed by atoms with Gasteiger partial charge in [-0.2, -0.15) is 0 Å². The molecule has 0 aliphatic carbocycles. The molecule has 1 N–H and O–H groups in total. The van der Waals surface area contributed by atoms with Crippen molar-refractivity contribution in [3.8, 4) is 0 Å². The van der Waals surface area contributed by atoms with Gasteiger partial charge in [0.15, 0.2) is 0 Å². The Kier molecular flexibility index (Phi) is 2.95. The van der Waals surface area contributed by atoms with Crippen molar-refractivity contribution in [1.29, 1.82) is 0 Å². The van der Waals surface area contributed by atoms with Crippen molar-refractivity contribution < 1.29 is 8.81 Å². The Bertz CT molecular complexity index is 465. The summed E-state index contributed by atoms with van der Waals surface area (Å²) in [6.07, 6.45) is 3.31. The molecule has 0 aliphatic heterocycles. The highest BCUT2D eigenvalue weighted by molar-refractivity contribution is 5.46. The predicted molar refractivity (Wildman–Crippen MR) is 61.9 cm³/mol. The molecule has 0 saturated heterocycles. The molecule has 0 spiro atoms. The maximum absolute atomic E-state index is 13.3. The molecule has 1 heterocycles. The molecule has 1 aromatic heterocycles. The predicted octanol–water partition coefficient (Wildman–Crippen LogP) is 3.90. The van der Waals surface area contributed by atoms with Crippen LogP contribution in [0.25, 0.3) is 0 Å². The molecule has 0 amide bonds. The van der Waals surface area contributed by atoms with Gasteiger partial charge in [0.25, 0.3) is 0 Å². The highest BCUT2D eigenvalue weighted by Gasteiger charge is 2.07. The third kappa shape index (κ3) is 2.24. The van der Waals surface area contributed by atoms with Gasteiger partial charge < -0.3 is 9.73 Å². The number of halogens is 1. The van der Waals surface area contributed by atoms with Crippen LogP contribution < -0.4 is 5.32 Å². The van der Waals surface area contributed by atoms with Crippen LogP contribution in [-0.2, 0) is 0 Å². The Morgan fingerprint density at radius 1 is 1.31 bits per heavy atom. The van der Waals surface area contributed by atoms with Crippen molar-refractivity contribution in [1.82, 2.24) is 0 Å². The molecule has 84 valence electrons. The molecule has 2 rings (SSSR count). The Morgan fingerprint density at radius 3 is 2.75 bits per heavy atom. The molecule has 0 aliphatic rings. The minimum atomic E-state index is -0.190. The molecule has 1 aromatic carbocycles. The van der Waals surface area contributed by atoms with Gasteiger partial charge in [-0.1, -0.05) is 6.07 Å².